The van der Waals surface area contributed by atoms with E-state index >= 15 is 0 Å². The normalized spacial score (nSPS) is 12.4. The van der Waals surface area contributed by atoms with Crippen molar-refractivity contribution in [3.8, 4) is 0 Å². The SMILES string of the molecule is CCc1cc(C(N)CCC(=O)O)ccc1C. The molecular formula is C13H19NO2. The lowest BCUT2D eigenvalue weighted by Gasteiger charge is -2.13. The van der Waals surface area contributed by atoms with Crippen LogP contribution < -0.4 is 5.73 Å². The summed E-state index contributed by atoms with van der Waals surface area (Å²) in [6, 6.07) is 5.94. The van der Waals surface area contributed by atoms with Crippen LogP contribution in [0, 0.1) is 6.92 Å². The van der Waals surface area contributed by atoms with E-state index in [2.05, 4.69) is 26.0 Å². The minimum absolute atomic E-state index is 0.122. The number of benzene rings is 1. The highest BCUT2D eigenvalue weighted by Crippen LogP contribution is 2.19. The molecule has 1 aromatic carbocycles. The van der Waals surface area contributed by atoms with Crippen molar-refractivity contribution < 1.29 is 9.90 Å². The lowest BCUT2D eigenvalue weighted by Crippen LogP contribution is -2.12. The highest BCUT2D eigenvalue weighted by Gasteiger charge is 2.09. The number of carbonyl (C=O) groups is 1. The third-order valence-corrected chi connectivity index (χ3v) is 2.85. The highest BCUT2D eigenvalue weighted by atomic mass is 16.4. The van der Waals surface area contributed by atoms with Crippen molar-refractivity contribution in [3.63, 3.8) is 0 Å². The summed E-state index contributed by atoms with van der Waals surface area (Å²) >= 11 is 0. The number of carboxylic acid groups (broad SMARTS) is 1. The van der Waals surface area contributed by atoms with Gasteiger partial charge in [-0.05, 0) is 36.5 Å². The average Bonchev–Trinajstić information content (AvgIpc) is 2.26. The van der Waals surface area contributed by atoms with Crippen LogP contribution in [-0.4, -0.2) is 11.1 Å². The molecule has 1 atom stereocenters. The van der Waals surface area contributed by atoms with Gasteiger partial charge in [-0.3, -0.25) is 4.79 Å². The lowest BCUT2D eigenvalue weighted by atomic mass is 9.97. The fraction of sp³-hybridized carbons (Fsp3) is 0.462. The Bertz CT molecular complexity index is 374. The van der Waals surface area contributed by atoms with E-state index in [1.165, 1.54) is 11.1 Å². The van der Waals surface area contributed by atoms with Gasteiger partial charge in [-0.15, -0.1) is 0 Å². The maximum absolute atomic E-state index is 10.5. The molecule has 3 N–H and O–H groups in total. The van der Waals surface area contributed by atoms with Crippen LogP contribution in [0.5, 0.6) is 0 Å². The van der Waals surface area contributed by atoms with Crippen molar-refractivity contribution in [2.75, 3.05) is 0 Å². The summed E-state index contributed by atoms with van der Waals surface area (Å²) in [5.41, 5.74) is 9.53. The van der Waals surface area contributed by atoms with Gasteiger partial charge in [0.15, 0.2) is 0 Å². The zero-order valence-corrected chi connectivity index (χ0v) is 9.86. The Kier molecular flexibility index (Phi) is 4.50. The Labute approximate surface area is 96.3 Å². The molecule has 3 nitrogen and oxygen atoms in total. The van der Waals surface area contributed by atoms with Crippen molar-refractivity contribution in [3.05, 3.63) is 34.9 Å². The molecule has 0 bridgehead atoms. The van der Waals surface area contributed by atoms with Crippen LogP contribution in [0.25, 0.3) is 0 Å². The fourth-order valence-electron chi connectivity index (χ4n) is 1.75. The van der Waals surface area contributed by atoms with Crippen LogP contribution >= 0.6 is 0 Å². The van der Waals surface area contributed by atoms with Crippen LogP contribution in [0.4, 0.5) is 0 Å². The van der Waals surface area contributed by atoms with Gasteiger partial charge in [-0.2, -0.15) is 0 Å². The molecule has 0 aliphatic rings. The minimum Gasteiger partial charge on any atom is -0.481 e. The van der Waals surface area contributed by atoms with Crippen molar-refractivity contribution in [1.29, 1.82) is 0 Å². The summed E-state index contributed by atoms with van der Waals surface area (Å²) in [7, 11) is 0. The van der Waals surface area contributed by atoms with Crippen molar-refractivity contribution >= 4 is 5.97 Å². The molecule has 0 aliphatic heterocycles. The molecule has 16 heavy (non-hydrogen) atoms. The van der Waals surface area contributed by atoms with Crippen molar-refractivity contribution in [2.24, 2.45) is 5.73 Å². The largest absolute Gasteiger partial charge is 0.481 e. The van der Waals surface area contributed by atoms with E-state index < -0.39 is 5.97 Å². The Balaban J connectivity index is 2.75. The molecule has 3 heteroatoms. The number of hydrogen-bond donors (Lipinski definition) is 2. The molecule has 88 valence electrons. The second-order valence-electron chi connectivity index (χ2n) is 4.08. The third kappa shape index (κ3) is 3.35. The van der Waals surface area contributed by atoms with Crippen LogP contribution in [-0.2, 0) is 11.2 Å². The van der Waals surface area contributed by atoms with E-state index in [-0.39, 0.29) is 12.5 Å². The van der Waals surface area contributed by atoms with Gasteiger partial charge in [0.1, 0.15) is 0 Å². The topological polar surface area (TPSA) is 63.3 Å². The minimum atomic E-state index is -0.793. The summed E-state index contributed by atoms with van der Waals surface area (Å²) in [6.07, 6.45) is 1.59. The van der Waals surface area contributed by atoms with Crippen LogP contribution in [0.15, 0.2) is 18.2 Å². The first-order valence-corrected chi connectivity index (χ1v) is 5.61. The second kappa shape index (κ2) is 5.66. The summed E-state index contributed by atoms with van der Waals surface area (Å²) in [5.74, 6) is -0.793. The van der Waals surface area contributed by atoms with Crippen molar-refractivity contribution in [2.45, 2.75) is 39.2 Å². The van der Waals surface area contributed by atoms with Gasteiger partial charge < -0.3 is 10.8 Å². The molecule has 0 radical (unpaired) electrons. The number of rotatable bonds is 5. The van der Waals surface area contributed by atoms with Gasteiger partial charge in [0.05, 0.1) is 0 Å². The number of hydrogen-bond acceptors (Lipinski definition) is 2. The first-order chi connectivity index (χ1) is 7.54. The number of nitrogens with two attached hydrogens (primary N) is 1. The maximum atomic E-state index is 10.5. The quantitative estimate of drug-likeness (QED) is 0.802. The van der Waals surface area contributed by atoms with E-state index in [1.54, 1.807) is 0 Å². The van der Waals surface area contributed by atoms with E-state index in [1.807, 2.05) is 6.07 Å². The fourth-order valence-corrected chi connectivity index (χ4v) is 1.75. The van der Waals surface area contributed by atoms with Gasteiger partial charge in [-0.1, -0.05) is 25.1 Å². The third-order valence-electron chi connectivity index (χ3n) is 2.85. The summed E-state index contributed by atoms with van der Waals surface area (Å²) in [4.78, 5) is 10.5. The number of aryl methyl sites for hydroxylation is 2. The van der Waals surface area contributed by atoms with Gasteiger partial charge in [0, 0.05) is 12.5 Å². The number of aliphatic carboxylic acids is 1. The molecule has 0 amide bonds. The first-order valence-electron chi connectivity index (χ1n) is 5.61. The Hall–Kier alpha value is -1.35. The average molecular weight is 221 g/mol. The molecule has 0 spiro atoms. The molecule has 0 saturated carbocycles. The smallest absolute Gasteiger partial charge is 0.303 e. The van der Waals surface area contributed by atoms with Crippen molar-refractivity contribution in [1.82, 2.24) is 0 Å². The molecular weight excluding hydrogens is 202 g/mol. The zero-order valence-electron chi connectivity index (χ0n) is 9.86. The van der Waals surface area contributed by atoms with Gasteiger partial charge >= 0.3 is 5.97 Å². The zero-order chi connectivity index (χ0) is 12.1. The maximum Gasteiger partial charge on any atom is 0.303 e. The second-order valence-corrected chi connectivity index (χ2v) is 4.08. The molecule has 1 aromatic rings. The van der Waals surface area contributed by atoms with Crippen LogP contribution in [0.1, 0.15) is 42.5 Å². The van der Waals surface area contributed by atoms with Gasteiger partial charge in [-0.25, -0.2) is 0 Å². The predicted octanol–water partition coefficient (Wildman–Crippen LogP) is 2.42. The standard InChI is InChI=1S/C13H19NO2/c1-3-10-8-11(5-4-9(10)2)12(14)6-7-13(15)16/h4-5,8,12H,3,6-7,14H2,1-2H3,(H,15,16). The highest BCUT2D eigenvalue weighted by molar-refractivity contribution is 5.66. The van der Waals surface area contributed by atoms with Gasteiger partial charge in [0.25, 0.3) is 0 Å². The van der Waals surface area contributed by atoms with Crippen LogP contribution in [0.2, 0.25) is 0 Å². The first kappa shape index (κ1) is 12.7. The molecule has 0 heterocycles. The Morgan fingerprint density at radius 3 is 2.75 bits per heavy atom. The van der Waals surface area contributed by atoms with E-state index in [9.17, 15) is 4.79 Å². The monoisotopic (exact) mass is 221 g/mol. The van der Waals surface area contributed by atoms with E-state index in [0.29, 0.717) is 6.42 Å². The summed E-state index contributed by atoms with van der Waals surface area (Å²) in [5, 5.41) is 8.60. The number of carboxylic acids is 1. The summed E-state index contributed by atoms with van der Waals surface area (Å²) < 4.78 is 0. The molecule has 0 aliphatic carbocycles. The summed E-state index contributed by atoms with van der Waals surface area (Å²) in [6.45, 7) is 4.18. The predicted molar refractivity (Wildman–Crippen MR) is 64.4 cm³/mol. The van der Waals surface area contributed by atoms with Crippen LogP contribution in [0.3, 0.4) is 0 Å². The lowest BCUT2D eigenvalue weighted by molar-refractivity contribution is -0.137. The Morgan fingerprint density at radius 2 is 2.19 bits per heavy atom. The molecule has 0 fully saturated rings. The van der Waals surface area contributed by atoms with E-state index in [4.69, 9.17) is 10.8 Å². The molecule has 0 aromatic heterocycles. The molecule has 1 unspecified atom stereocenters. The Morgan fingerprint density at radius 1 is 1.50 bits per heavy atom. The molecule has 0 saturated heterocycles. The van der Waals surface area contributed by atoms with Gasteiger partial charge in [0.2, 0.25) is 0 Å². The molecule has 1 rings (SSSR count). The van der Waals surface area contributed by atoms with E-state index in [0.717, 1.165) is 12.0 Å².